The van der Waals surface area contributed by atoms with Crippen molar-refractivity contribution in [2.24, 2.45) is 0 Å². The van der Waals surface area contributed by atoms with Gasteiger partial charge in [-0.2, -0.15) is 0 Å². The van der Waals surface area contributed by atoms with Gasteiger partial charge in [-0.25, -0.2) is 4.68 Å². The molecule has 0 saturated heterocycles. The van der Waals surface area contributed by atoms with Crippen LogP contribution in [0.2, 0.25) is 0 Å². The standard InChI is InChI=1S/C19H19N3O3S/c23-17(20-11-6-12-26-14-7-2-1-3-8-14)13-22-19(25)16-10-5-4-9-15(16)18(24)21-22/h1-5,7-10H,6,11-13H2,(H,20,23)(H,21,24). The molecule has 0 unspecified atom stereocenters. The number of hydrogen-bond donors (Lipinski definition) is 2. The second kappa shape index (κ2) is 8.53. The van der Waals surface area contributed by atoms with E-state index < -0.39 is 0 Å². The van der Waals surface area contributed by atoms with Crippen LogP contribution in [0.3, 0.4) is 0 Å². The first-order chi connectivity index (χ1) is 12.6. The van der Waals surface area contributed by atoms with Gasteiger partial charge in [-0.3, -0.25) is 19.5 Å². The van der Waals surface area contributed by atoms with Gasteiger partial charge in [0.2, 0.25) is 5.91 Å². The number of nitrogens with zero attached hydrogens (tertiary/aromatic N) is 1. The maximum atomic E-state index is 12.4. The van der Waals surface area contributed by atoms with Crippen LogP contribution in [-0.4, -0.2) is 28.0 Å². The van der Waals surface area contributed by atoms with Crippen molar-refractivity contribution in [2.75, 3.05) is 12.3 Å². The van der Waals surface area contributed by atoms with Crippen LogP contribution in [0, 0.1) is 0 Å². The van der Waals surface area contributed by atoms with Crippen LogP contribution < -0.4 is 16.4 Å². The third-order valence-electron chi connectivity index (χ3n) is 3.84. The molecule has 3 aromatic rings. The number of aromatic nitrogens is 2. The van der Waals surface area contributed by atoms with E-state index in [9.17, 15) is 14.4 Å². The third-order valence-corrected chi connectivity index (χ3v) is 4.94. The zero-order chi connectivity index (χ0) is 18.4. The first-order valence-electron chi connectivity index (χ1n) is 8.31. The van der Waals surface area contributed by atoms with Crippen molar-refractivity contribution in [1.82, 2.24) is 15.1 Å². The van der Waals surface area contributed by atoms with Gasteiger partial charge < -0.3 is 5.32 Å². The second-order valence-electron chi connectivity index (χ2n) is 5.74. The Morgan fingerprint density at radius 3 is 2.46 bits per heavy atom. The van der Waals surface area contributed by atoms with E-state index in [2.05, 4.69) is 10.4 Å². The summed E-state index contributed by atoms with van der Waals surface area (Å²) < 4.78 is 1.05. The molecule has 0 radical (unpaired) electrons. The molecule has 26 heavy (non-hydrogen) atoms. The molecule has 1 aromatic heterocycles. The normalized spacial score (nSPS) is 10.8. The predicted molar refractivity (Wildman–Crippen MR) is 104 cm³/mol. The molecule has 0 aliphatic rings. The monoisotopic (exact) mass is 369 g/mol. The van der Waals surface area contributed by atoms with Crippen LogP contribution >= 0.6 is 11.8 Å². The SMILES string of the molecule is O=C(Cn1[nH]c(=O)c2ccccc2c1=O)NCCCSc1ccccc1. The highest BCUT2D eigenvalue weighted by atomic mass is 32.2. The number of rotatable bonds is 7. The summed E-state index contributed by atoms with van der Waals surface area (Å²) in [5.41, 5.74) is -0.762. The summed E-state index contributed by atoms with van der Waals surface area (Å²) in [6.07, 6.45) is 0.814. The first-order valence-corrected chi connectivity index (χ1v) is 9.30. The number of aromatic amines is 1. The number of carbonyl (C=O) groups excluding carboxylic acids is 1. The average Bonchev–Trinajstić information content (AvgIpc) is 2.66. The Labute approximate surface area is 154 Å². The van der Waals surface area contributed by atoms with Crippen LogP contribution in [0.1, 0.15) is 6.42 Å². The zero-order valence-electron chi connectivity index (χ0n) is 14.1. The quantitative estimate of drug-likeness (QED) is 0.493. The maximum Gasteiger partial charge on any atom is 0.273 e. The Bertz CT molecular complexity index is 1010. The van der Waals surface area contributed by atoms with Gasteiger partial charge in [0.25, 0.3) is 11.1 Å². The van der Waals surface area contributed by atoms with Crippen LogP contribution in [0.25, 0.3) is 10.8 Å². The van der Waals surface area contributed by atoms with Crippen molar-refractivity contribution in [3.8, 4) is 0 Å². The number of carbonyl (C=O) groups is 1. The van der Waals surface area contributed by atoms with Crippen molar-refractivity contribution in [3.63, 3.8) is 0 Å². The van der Waals surface area contributed by atoms with Crippen LogP contribution in [-0.2, 0) is 11.3 Å². The molecule has 3 rings (SSSR count). The number of benzene rings is 2. The fraction of sp³-hybridized carbons (Fsp3) is 0.211. The minimum absolute atomic E-state index is 0.204. The van der Waals surface area contributed by atoms with Gasteiger partial charge >= 0.3 is 0 Å². The fourth-order valence-corrected chi connectivity index (χ4v) is 3.44. The van der Waals surface area contributed by atoms with Gasteiger partial charge in [0.15, 0.2) is 0 Å². The summed E-state index contributed by atoms with van der Waals surface area (Å²) in [5, 5.41) is 5.87. The highest BCUT2D eigenvalue weighted by Crippen LogP contribution is 2.17. The van der Waals surface area contributed by atoms with E-state index in [1.54, 1.807) is 36.0 Å². The number of nitrogens with one attached hydrogen (secondary N) is 2. The summed E-state index contributed by atoms with van der Waals surface area (Å²) in [7, 11) is 0. The predicted octanol–water partition coefficient (Wildman–Crippen LogP) is 1.99. The summed E-state index contributed by atoms with van der Waals surface area (Å²) in [5.74, 6) is 0.583. The largest absolute Gasteiger partial charge is 0.354 e. The Morgan fingerprint density at radius 1 is 1.00 bits per heavy atom. The van der Waals surface area contributed by atoms with E-state index in [0.29, 0.717) is 17.3 Å². The van der Waals surface area contributed by atoms with Crippen LogP contribution in [0.5, 0.6) is 0 Å². The second-order valence-corrected chi connectivity index (χ2v) is 6.91. The summed E-state index contributed by atoms with van der Waals surface area (Å²) in [6, 6.07) is 16.6. The number of amides is 1. The van der Waals surface area contributed by atoms with Crippen LogP contribution in [0.15, 0.2) is 69.1 Å². The maximum absolute atomic E-state index is 12.4. The molecule has 0 aliphatic carbocycles. The topological polar surface area (TPSA) is 84.0 Å². The van der Waals surface area contributed by atoms with Gasteiger partial charge in [-0.15, -0.1) is 11.8 Å². The molecular formula is C19H19N3O3S. The van der Waals surface area contributed by atoms with Gasteiger partial charge in [0, 0.05) is 11.4 Å². The van der Waals surface area contributed by atoms with Gasteiger partial charge in [0.05, 0.1) is 10.8 Å². The number of thioether (sulfide) groups is 1. The average molecular weight is 369 g/mol. The van der Waals surface area contributed by atoms with Crippen molar-refractivity contribution in [1.29, 1.82) is 0 Å². The van der Waals surface area contributed by atoms with Gasteiger partial charge in [0.1, 0.15) is 6.54 Å². The lowest BCUT2D eigenvalue weighted by Crippen LogP contribution is -2.37. The van der Waals surface area contributed by atoms with Gasteiger partial charge in [-0.1, -0.05) is 30.3 Å². The molecule has 7 heteroatoms. The van der Waals surface area contributed by atoms with E-state index in [1.165, 1.54) is 4.90 Å². The number of hydrogen-bond acceptors (Lipinski definition) is 4. The molecule has 0 aliphatic heterocycles. The molecule has 0 atom stereocenters. The minimum atomic E-state index is -0.382. The van der Waals surface area contributed by atoms with E-state index in [-0.39, 0.29) is 23.6 Å². The molecule has 134 valence electrons. The molecule has 1 heterocycles. The molecule has 0 bridgehead atoms. The van der Waals surface area contributed by atoms with Crippen molar-refractivity contribution >= 4 is 28.4 Å². The minimum Gasteiger partial charge on any atom is -0.354 e. The fourth-order valence-electron chi connectivity index (χ4n) is 2.56. The number of fused-ring (bicyclic) bond motifs is 1. The molecule has 1 amide bonds. The van der Waals surface area contributed by atoms with Crippen molar-refractivity contribution in [3.05, 3.63) is 75.3 Å². The third kappa shape index (κ3) is 4.43. The highest BCUT2D eigenvalue weighted by molar-refractivity contribution is 7.99. The summed E-state index contributed by atoms with van der Waals surface area (Å²) >= 11 is 1.73. The Balaban J connectivity index is 1.52. The Morgan fingerprint density at radius 2 is 1.69 bits per heavy atom. The van der Waals surface area contributed by atoms with Crippen molar-refractivity contribution in [2.45, 2.75) is 17.9 Å². The van der Waals surface area contributed by atoms with E-state index >= 15 is 0 Å². The van der Waals surface area contributed by atoms with Crippen LogP contribution in [0.4, 0.5) is 0 Å². The zero-order valence-corrected chi connectivity index (χ0v) is 14.9. The van der Waals surface area contributed by atoms with Gasteiger partial charge in [-0.05, 0) is 36.4 Å². The molecule has 0 spiro atoms. The lowest BCUT2D eigenvalue weighted by molar-refractivity contribution is -0.121. The van der Waals surface area contributed by atoms with E-state index in [4.69, 9.17) is 0 Å². The summed E-state index contributed by atoms with van der Waals surface area (Å²) in [4.78, 5) is 37.6. The first kappa shape index (κ1) is 18.0. The molecule has 2 N–H and O–H groups in total. The van der Waals surface area contributed by atoms with Crippen molar-refractivity contribution < 1.29 is 4.79 Å². The lowest BCUT2D eigenvalue weighted by Gasteiger charge is -2.08. The molecule has 0 fully saturated rings. The molecule has 6 nitrogen and oxygen atoms in total. The molecule has 2 aromatic carbocycles. The smallest absolute Gasteiger partial charge is 0.273 e. The molecule has 0 saturated carbocycles. The van der Waals surface area contributed by atoms with E-state index in [0.717, 1.165) is 16.9 Å². The summed E-state index contributed by atoms with van der Waals surface area (Å²) in [6.45, 7) is 0.315. The highest BCUT2D eigenvalue weighted by Gasteiger charge is 2.09. The molecular weight excluding hydrogens is 350 g/mol. The Kier molecular flexibility index (Phi) is 5.91. The lowest BCUT2D eigenvalue weighted by atomic mass is 10.2. The number of H-pyrrole nitrogens is 1. The Hall–Kier alpha value is -2.80. The van der Waals surface area contributed by atoms with E-state index in [1.807, 2.05) is 30.3 Å².